The Hall–Kier alpha value is -2.53. The number of carbonyl (C=O) groups excluding carboxylic acids is 1. The van der Waals surface area contributed by atoms with Gasteiger partial charge in [0, 0.05) is 12.2 Å². The number of anilines is 1. The first-order valence-electron chi connectivity index (χ1n) is 8.27. The molecule has 0 fully saturated rings. The van der Waals surface area contributed by atoms with E-state index in [0.717, 1.165) is 28.6 Å². The predicted octanol–water partition coefficient (Wildman–Crippen LogP) is 4.61. The lowest BCUT2D eigenvalue weighted by atomic mass is 10.2. The van der Waals surface area contributed by atoms with Gasteiger partial charge in [0.15, 0.2) is 5.16 Å². The smallest absolute Gasteiger partial charge is 0.234 e. The van der Waals surface area contributed by atoms with E-state index in [9.17, 15) is 4.79 Å². The molecule has 0 saturated carbocycles. The highest BCUT2D eigenvalue weighted by Gasteiger charge is 2.12. The van der Waals surface area contributed by atoms with Crippen LogP contribution < -0.4 is 5.32 Å². The summed E-state index contributed by atoms with van der Waals surface area (Å²) in [5.74, 6) is 0.305. The van der Waals surface area contributed by atoms with Gasteiger partial charge in [0.05, 0.1) is 17.6 Å². The number of amides is 1. The van der Waals surface area contributed by atoms with Crippen LogP contribution in [0.4, 0.5) is 5.69 Å². The summed E-state index contributed by atoms with van der Waals surface area (Å²) in [6, 6.07) is 18.0. The van der Waals surface area contributed by atoms with E-state index in [4.69, 9.17) is 0 Å². The number of carbonyl (C=O) groups is 1. The van der Waals surface area contributed by atoms with Crippen molar-refractivity contribution in [3.05, 3.63) is 66.4 Å². The van der Waals surface area contributed by atoms with E-state index < -0.39 is 0 Å². The number of rotatable bonds is 6. The maximum Gasteiger partial charge on any atom is 0.234 e. The Labute approximate surface area is 152 Å². The van der Waals surface area contributed by atoms with Crippen molar-refractivity contribution in [1.82, 2.24) is 9.55 Å². The van der Waals surface area contributed by atoms with E-state index >= 15 is 0 Å². The summed E-state index contributed by atoms with van der Waals surface area (Å²) in [6.45, 7) is 4.92. The molecule has 0 unspecified atom stereocenters. The molecule has 0 aliphatic rings. The van der Waals surface area contributed by atoms with E-state index in [1.807, 2.05) is 55.6 Å². The van der Waals surface area contributed by atoms with Crippen LogP contribution in [0.1, 0.15) is 12.5 Å². The number of thioether (sulfide) groups is 1. The first-order valence-corrected chi connectivity index (χ1v) is 9.26. The summed E-state index contributed by atoms with van der Waals surface area (Å²) in [6.07, 6.45) is 1.87. The summed E-state index contributed by atoms with van der Waals surface area (Å²) in [5.41, 5.74) is 4.20. The lowest BCUT2D eigenvalue weighted by Gasteiger charge is -2.09. The average molecular weight is 351 g/mol. The molecule has 0 aliphatic heterocycles. The fourth-order valence-electron chi connectivity index (χ4n) is 2.58. The van der Waals surface area contributed by atoms with Gasteiger partial charge in [-0.05, 0) is 31.5 Å². The second-order valence-electron chi connectivity index (χ2n) is 5.74. The van der Waals surface area contributed by atoms with Crippen molar-refractivity contribution in [3.8, 4) is 11.3 Å². The summed E-state index contributed by atoms with van der Waals surface area (Å²) in [5, 5.41) is 3.78. The van der Waals surface area contributed by atoms with Crippen molar-refractivity contribution in [2.24, 2.45) is 0 Å². The molecule has 1 amide bonds. The van der Waals surface area contributed by atoms with Crippen molar-refractivity contribution >= 4 is 23.4 Å². The van der Waals surface area contributed by atoms with Crippen LogP contribution in [-0.2, 0) is 11.3 Å². The Bertz CT molecular complexity index is 841. The second-order valence-corrected chi connectivity index (χ2v) is 6.68. The average Bonchev–Trinajstić information content (AvgIpc) is 3.05. The Balaban J connectivity index is 1.66. The molecule has 25 heavy (non-hydrogen) atoms. The fraction of sp³-hybridized carbons (Fsp3) is 0.200. The number of nitrogens with zero attached hydrogens (tertiary/aromatic N) is 2. The predicted molar refractivity (Wildman–Crippen MR) is 104 cm³/mol. The first kappa shape index (κ1) is 17.3. The number of hydrogen-bond donors (Lipinski definition) is 1. The van der Waals surface area contributed by atoms with Crippen molar-refractivity contribution in [3.63, 3.8) is 0 Å². The Morgan fingerprint density at radius 1 is 1.12 bits per heavy atom. The van der Waals surface area contributed by atoms with Crippen LogP contribution in [0.5, 0.6) is 0 Å². The standard InChI is InChI=1S/C20H21N3OS/c1-3-23-18(16-7-5-4-6-8-16)13-21-20(23)25-14-19(24)22-17-11-9-15(2)10-12-17/h4-13H,3,14H2,1-2H3,(H,22,24). The van der Waals surface area contributed by atoms with E-state index in [2.05, 4.69) is 33.9 Å². The molecule has 5 heteroatoms. The van der Waals surface area contributed by atoms with Gasteiger partial charge in [-0.15, -0.1) is 0 Å². The highest BCUT2D eigenvalue weighted by molar-refractivity contribution is 7.99. The van der Waals surface area contributed by atoms with E-state index in [1.54, 1.807) is 0 Å². The molecule has 1 heterocycles. The van der Waals surface area contributed by atoms with Gasteiger partial charge in [0.1, 0.15) is 0 Å². The molecule has 0 spiro atoms. The zero-order valence-electron chi connectivity index (χ0n) is 14.4. The van der Waals surface area contributed by atoms with Crippen molar-refractivity contribution in [1.29, 1.82) is 0 Å². The third-order valence-electron chi connectivity index (χ3n) is 3.87. The van der Waals surface area contributed by atoms with Crippen LogP contribution in [0.15, 0.2) is 66.0 Å². The van der Waals surface area contributed by atoms with Crippen LogP contribution in [0.3, 0.4) is 0 Å². The zero-order chi connectivity index (χ0) is 17.6. The molecule has 0 bridgehead atoms. The number of imidazole rings is 1. The number of nitrogens with one attached hydrogen (secondary N) is 1. The van der Waals surface area contributed by atoms with Crippen LogP contribution in [0, 0.1) is 6.92 Å². The van der Waals surface area contributed by atoms with Gasteiger partial charge in [-0.3, -0.25) is 4.79 Å². The second kappa shape index (κ2) is 8.03. The third-order valence-corrected chi connectivity index (χ3v) is 4.86. The Morgan fingerprint density at radius 2 is 1.84 bits per heavy atom. The van der Waals surface area contributed by atoms with Gasteiger partial charge in [-0.2, -0.15) is 0 Å². The minimum Gasteiger partial charge on any atom is -0.325 e. The normalized spacial score (nSPS) is 10.6. The maximum absolute atomic E-state index is 12.2. The summed E-state index contributed by atoms with van der Waals surface area (Å²) in [7, 11) is 0. The van der Waals surface area contributed by atoms with Crippen molar-refractivity contribution in [2.75, 3.05) is 11.1 Å². The summed E-state index contributed by atoms with van der Waals surface area (Å²) < 4.78 is 2.14. The lowest BCUT2D eigenvalue weighted by molar-refractivity contribution is -0.113. The molecule has 0 atom stereocenters. The minimum absolute atomic E-state index is 0.0271. The quantitative estimate of drug-likeness (QED) is 0.660. The number of hydrogen-bond acceptors (Lipinski definition) is 3. The highest BCUT2D eigenvalue weighted by Crippen LogP contribution is 2.26. The van der Waals surface area contributed by atoms with Gasteiger partial charge in [0.25, 0.3) is 0 Å². The van der Waals surface area contributed by atoms with Gasteiger partial charge in [-0.25, -0.2) is 4.98 Å². The van der Waals surface area contributed by atoms with Gasteiger partial charge < -0.3 is 9.88 Å². The molecule has 4 nitrogen and oxygen atoms in total. The largest absolute Gasteiger partial charge is 0.325 e. The number of aromatic nitrogens is 2. The van der Waals surface area contributed by atoms with E-state index in [-0.39, 0.29) is 5.91 Å². The maximum atomic E-state index is 12.2. The molecule has 3 aromatic rings. The molecule has 3 rings (SSSR count). The molecule has 1 N–H and O–H groups in total. The van der Waals surface area contributed by atoms with Crippen LogP contribution in [0.25, 0.3) is 11.3 Å². The highest BCUT2D eigenvalue weighted by atomic mass is 32.2. The van der Waals surface area contributed by atoms with Crippen molar-refractivity contribution in [2.45, 2.75) is 25.5 Å². The van der Waals surface area contributed by atoms with Gasteiger partial charge in [0.2, 0.25) is 5.91 Å². The zero-order valence-corrected chi connectivity index (χ0v) is 15.2. The van der Waals surface area contributed by atoms with E-state index in [1.165, 1.54) is 17.3 Å². The summed E-state index contributed by atoms with van der Waals surface area (Å²) in [4.78, 5) is 16.7. The molecule has 0 aliphatic carbocycles. The monoisotopic (exact) mass is 351 g/mol. The van der Waals surface area contributed by atoms with Crippen molar-refractivity contribution < 1.29 is 4.79 Å². The lowest BCUT2D eigenvalue weighted by Crippen LogP contribution is -2.14. The molecular weight excluding hydrogens is 330 g/mol. The van der Waals surface area contributed by atoms with Gasteiger partial charge in [-0.1, -0.05) is 59.8 Å². The molecule has 128 valence electrons. The SMILES string of the molecule is CCn1c(-c2ccccc2)cnc1SCC(=O)Nc1ccc(C)cc1. The molecule has 2 aromatic carbocycles. The summed E-state index contributed by atoms with van der Waals surface area (Å²) >= 11 is 1.46. The van der Waals surface area contributed by atoms with Crippen LogP contribution in [0.2, 0.25) is 0 Å². The number of benzene rings is 2. The molecule has 1 aromatic heterocycles. The van der Waals surface area contributed by atoms with Gasteiger partial charge >= 0.3 is 0 Å². The molecule has 0 saturated heterocycles. The van der Waals surface area contributed by atoms with E-state index in [0.29, 0.717) is 5.75 Å². The van der Waals surface area contributed by atoms with Crippen LogP contribution >= 0.6 is 11.8 Å². The van der Waals surface area contributed by atoms with Crippen LogP contribution in [-0.4, -0.2) is 21.2 Å². The Morgan fingerprint density at radius 3 is 2.52 bits per heavy atom. The third kappa shape index (κ3) is 4.31. The fourth-order valence-corrected chi connectivity index (χ4v) is 3.43. The first-order chi connectivity index (χ1) is 12.2. The molecule has 0 radical (unpaired) electrons. The topological polar surface area (TPSA) is 46.9 Å². The Kier molecular flexibility index (Phi) is 5.56. The molecular formula is C20H21N3OS. The number of aryl methyl sites for hydroxylation is 1. The minimum atomic E-state index is -0.0271.